The monoisotopic (exact) mass is 812 g/mol. The van der Waals surface area contributed by atoms with E-state index in [4.69, 9.17) is 49.5 Å². The van der Waals surface area contributed by atoms with Crippen LogP contribution >= 0.6 is 0 Å². The Balaban J connectivity index is 1.19. The average molecular weight is 813 g/mol. The van der Waals surface area contributed by atoms with Crippen LogP contribution in [0.25, 0.3) is 10.8 Å². The number of hydrogen-bond donors (Lipinski definition) is 1. The second-order valence-electron chi connectivity index (χ2n) is 15.8. The maximum Gasteiger partial charge on any atom is 0.272 e. The number of benzene rings is 4. The molecule has 3 aliphatic rings. The Kier molecular flexibility index (Phi) is 12.3. The van der Waals surface area contributed by atoms with Crippen LogP contribution in [0.4, 0.5) is 11.9 Å². The predicted octanol–water partition coefficient (Wildman–Crippen LogP) is 9.92. The highest BCUT2D eigenvalue weighted by molar-refractivity contribution is 6.24. The van der Waals surface area contributed by atoms with Gasteiger partial charge in [0.05, 0.1) is 19.8 Å². The van der Waals surface area contributed by atoms with Crippen molar-refractivity contribution in [2.45, 2.75) is 97.4 Å². The molecule has 310 valence electrons. The minimum absolute atomic E-state index is 0.241. The molecule has 0 amide bonds. The van der Waals surface area contributed by atoms with Crippen molar-refractivity contribution < 1.29 is 9.47 Å². The number of H-pyrrole nitrogens is 1. The van der Waals surface area contributed by atoms with Gasteiger partial charge in [0.15, 0.2) is 34.8 Å². The number of aromatic amines is 1. The van der Waals surface area contributed by atoms with E-state index in [1.54, 1.807) is 4.68 Å². The lowest BCUT2D eigenvalue weighted by Gasteiger charge is -2.13. The number of rotatable bonds is 18. The van der Waals surface area contributed by atoms with Crippen LogP contribution in [0, 0.1) is 0 Å². The third-order valence-electron chi connectivity index (χ3n) is 11.2. The van der Waals surface area contributed by atoms with Crippen molar-refractivity contribution in [1.29, 1.82) is 0 Å². The van der Waals surface area contributed by atoms with E-state index >= 15 is 0 Å². The number of hydrogen-bond acceptors (Lipinski definition) is 10. The SMILES string of the molecule is CCCCCCCCOc1cc2c3[nH]c(c2cc1OCCCCCCCC)=NC1=NC(=Nc2nc(nn2Cc2ccccc2)N=C2N=C(N=3)c3ccccc32)c2ccccc21. The van der Waals surface area contributed by atoms with Gasteiger partial charge in [0.2, 0.25) is 0 Å². The molecule has 3 aliphatic heterocycles. The molecule has 2 aromatic heterocycles. The summed E-state index contributed by atoms with van der Waals surface area (Å²) in [7, 11) is 0. The largest absolute Gasteiger partial charge is 0.490 e. The highest BCUT2D eigenvalue weighted by atomic mass is 16.5. The van der Waals surface area contributed by atoms with E-state index < -0.39 is 0 Å². The molecule has 0 radical (unpaired) electrons. The van der Waals surface area contributed by atoms with E-state index in [9.17, 15) is 0 Å². The van der Waals surface area contributed by atoms with Crippen molar-refractivity contribution in [3.63, 3.8) is 0 Å². The summed E-state index contributed by atoms with van der Waals surface area (Å²) in [6.07, 6.45) is 14.2. The van der Waals surface area contributed by atoms with Crippen LogP contribution in [0.5, 0.6) is 11.5 Å². The molecular weight excluding hydrogens is 761 g/mol. The smallest absolute Gasteiger partial charge is 0.272 e. The number of amidine groups is 4. The summed E-state index contributed by atoms with van der Waals surface area (Å²) in [6.45, 7) is 6.14. The van der Waals surface area contributed by atoms with Gasteiger partial charge in [0, 0.05) is 33.0 Å². The van der Waals surface area contributed by atoms with E-state index in [1.165, 1.54) is 51.4 Å². The second-order valence-corrected chi connectivity index (χ2v) is 15.8. The maximum atomic E-state index is 6.57. The number of nitrogens with one attached hydrogen (secondary N) is 1. The van der Waals surface area contributed by atoms with Crippen molar-refractivity contribution in [3.05, 3.63) is 130 Å². The first-order chi connectivity index (χ1) is 30.1. The molecule has 0 saturated heterocycles. The summed E-state index contributed by atoms with van der Waals surface area (Å²) in [4.78, 5) is 38.8. The first-order valence-corrected chi connectivity index (χ1v) is 22.1. The summed E-state index contributed by atoms with van der Waals surface area (Å²) in [5, 5.41) is 6.51. The van der Waals surface area contributed by atoms with Crippen LogP contribution in [-0.2, 0) is 6.54 Å². The Bertz CT molecular complexity index is 2780. The Morgan fingerprint density at radius 3 is 1.48 bits per heavy atom. The van der Waals surface area contributed by atoms with Gasteiger partial charge in [-0.2, -0.15) is 15.0 Å². The number of nitrogens with zero attached hydrogens (tertiary/aromatic N) is 9. The Hall–Kier alpha value is -6.56. The summed E-state index contributed by atoms with van der Waals surface area (Å²) < 4.78 is 14.9. The zero-order chi connectivity index (χ0) is 41.4. The third kappa shape index (κ3) is 8.99. The van der Waals surface area contributed by atoms with Gasteiger partial charge in [0.25, 0.3) is 11.9 Å². The van der Waals surface area contributed by atoms with E-state index in [0.29, 0.717) is 71.5 Å². The van der Waals surface area contributed by atoms with Crippen molar-refractivity contribution in [3.8, 4) is 11.5 Å². The van der Waals surface area contributed by atoms with Gasteiger partial charge in [-0.3, -0.25) is 0 Å². The fourth-order valence-corrected chi connectivity index (χ4v) is 7.97. The quantitative estimate of drug-likeness (QED) is 0.0864. The van der Waals surface area contributed by atoms with E-state index in [-0.39, 0.29) is 5.95 Å². The summed E-state index contributed by atoms with van der Waals surface area (Å²) >= 11 is 0. The molecule has 8 bridgehead atoms. The van der Waals surface area contributed by atoms with Gasteiger partial charge < -0.3 is 14.5 Å². The van der Waals surface area contributed by atoms with Crippen molar-refractivity contribution >= 4 is 46.0 Å². The van der Waals surface area contributed by atoms with Gasteiger partial charge in [0.1, 0.15) is 11.0 Å². The van der Waals surface area contributed by atoms with Crippen LogP contribution in [0.3, 0.4) is 0 Å². The van der Waals surface area contributed by atoms with Crippen molar-refractivity contribution in [2.75, 3.05) is 13.2 Å². The molecular formula is C49H52N10O2. The second kappa shape index (κ2) is 18.8. The van der Waals surface area contributed by atoms with Crippen LogP contribution in [-0.4, -0.2) is 56.3 Å². The van der Waals surface area contributed by atoms with Gasteiger partial charge in [-0.05, 0) is 30.5 Å². The summed E-state index contributed by atoms with van der Waals surface area (Å²) in [6, 6.07) is 30.2. The molecule has 0 spiro atoms. The molecule has 0 fully saturated rings. The van der Waals surface area contributed by atoms with Gasteiger partial charge in [-0.25, -0.2) is 24.7 Å². The fourth-order valence-electron chi connectivity index (χ4n) is 7.97. The maximum absolute atomic E-state index is 6.57. The number of aromatic nitrogens is 4. The lowest BCUT2D eigenvalue weighted by Crippen LogP contribution is -2.15. The highest BCUT2D eigenvalue weighted by Crippen LogP contribution is 2.32. The third-order valence-corrected chi connectivity index (χ3v) is 11.2. The minimum Gasteiger partial charge on any atom is -0.490 e. The van der Waals surface area contributed by atoms with Gasteiger partial charge >= 0.3 is 0 Å². The lowest BCUT2D eigenvalue weighted by atomic mass is 10.1. The van der Waals surface area contributed by atoms with Crippen LogP contribution in [0.1, 0.15) is 119 Å². The molecule has 61 heavy (non-hydrogen) atoms. The summed E-state index contributed by atoms with van der Waals surface area (Å²) in [5.74, 6) is 4.00. The molecule has 5 heterocycles. The Labute approximate surface area is 356 Å². The molecule has 0 unspecified atom stereocenters. The summed E-state index contributed by atoms with van der Waals surface area (Å²) in [5.41, 5.74) is 5.64. The lowest BCUT2D eigenvalue weighted by molar-refractivity contribution is 0.259. The molecule has 0 saturated carbocycles. The first-order valence-electron chi connectivity index (χ1n) is 22.1. The zero-order valence-corrected chi connectivity index (χ0v) is 35.1. The molecule has 1 N–H and O–H groups in total. The Morgan fingerprint density at radius 1 is 0.492 bits per heavy atom. The van der Waals surface area contributed by atoms with Crippen LogP contribution < -0.4 is 20.4 Å². The highest BCUT2D eigenvalue weighted by Gasteiger charge is 2.26. The minimum atomic E-state index is 0.241. The zero-order valence-electron chi connectivity index (χ0n) is 35.1. The Morgan fingerprint density at radius 2 is 0.951 bits per heavy atom. The average Bonchev–Trinajstić information content (AvgIpc) is 4.03. The van der Waals surface area contributed by atoms with Gasteiger partial charge in [-0.15, -0.1) is 5.10 Å². The van der Waals surface area contributed by atoms with Gasteiger partial charge in [-0.1, -0.05) is 157 Å². The van der Waals surface area contributed by atoms with E-state index in [0.717, 1.165) is 64.3 Å². The normalized spacial score (nSPS) is 13.7. The number of ether oxygens (including phenoxy) is 2. The molecule has 6 aromatic rings. The number of unbranched alkanes of at least 4 members (excludes halogenated alkanes) is 10. The van der Waals surface area contributed by atoms with Crippen LogP contribution in [0.15, 0.2) is 121 Å². The number of fused-ring (bicyclic) bond motifs is 15. The topological polar surface area (TPSA) is 139 Å². The molecule has 12 heteroatoms. The predicted molar refractivity (Wildman–Crippen MR) is 242 cm³/mol. The molecule has 0 atom stereocenters. The molecule has 9 rings (SSSR count). The standard InChI is InChI=1S/C49H52N10O2/c1-3-5-7-9-11-20-28-60-40-30-38-39(31-41(40)61-29-21-12-10-8-6-4-2)47-53-43-35-25-17-19-27-37(35)45(51-43)56-49-57-48(58-59(49)32-33-22-14-13-15-23-33)55-44-36-26-18-16-24-34(36)42(50-44)52-46(38)54-47/h13-19,22-27,30-31H,3-12,20-21,28-29,32H2,1-2H3,(H,50,51,52,53,54,55,56,57,58). The van der Waals surface area contributed by atoms with Crippen molar-refractivity contribution in [1.82, 2.24) is 19.7 Å². The fraction of sp³-hybridized carbons (Fsp3) is 0.347. The van der Waals surface area contributed by atoms with Crippen LogP contribution in [0.2, 0.25) is 0 Å². The first kappa shape index (κ1) is 39.9. The molecule has 0 aliphatic carbocycles. The molecule has 12 nitrogen and oxygen atoms in total. The van der Waals surface area contributed by atoms with Crippen molar-refractivity contribution in [2.24, 2.45) is 30.0 Å². The molecule has 4 aromatic carbocycles. The van der Waals surface area contributed by atoms with E-state index in [1.807, 2.05) is 78.9 Å². The van der Waals surface area contributed by atoms with E-state index in [2.05, 4.69) is 31.0 Å². The number of aliphatic imine (C=N–C) groups is 4.